The summed E-state index contributed by atoms with van der Waals surface area (Å²) in [6.07, 6.45) is 0. The zero-order valence-corrected chi connectivity index (χ0v) is 12.3. The van der Waals surface area contributed by atoms with Crippen molar-refractivity contribution in [3.63, 3.8) is 0 Å². The van der Waals surface area contributed by atoms with Crippen molar-refractivity contribution in [1.82, 2.24) is 5.32 Å². The molecule has 0 radical (unpaired) electrons. The van der Waals surface area contributed by atoms with Crippen LogP contribution in [-0.2, 0) is 0 Å². The molecule has 1 N–H and O–H groups in total. The number of hydrogen-bond donors (Lipinski definition) is 1. The Balaban J connectivity index is 2.93. The monoisotopic (exact) mass is 251 g/mol. The van der Waals surface area contributed by atoms with Gasteiger partial charge in [-0.2, -0.15) is 0 Å². The van der Waals surface area contributed by atoms with Crippen molar-refractivity contribution >= 4 is 0 Å². The van der Waals surface area contributed by atoms with Crippen molar-refractivity contribution in [2.45, 2.75) is 45.7 Å². The van der Waals surface area contributed by atoms with Gasteiger partial charge in [0.2, 0.25) is 0 Å². The van der Waals surface area contributed by atoms with Gasteiger partial charge in [0.15, 0.2) is 0 Å². The fourth-order valence-corrected chi connectivity index (χ4v) is 2.05. The van der Waals surface area contributed by atoms with Crippen molar-refractivity contribution in [2.24, 2.45) is 0 Å². The van der Waals surface area contributed by atoms with Crippen LogP contribution in [0.25, 0.3) is 0 Å². The molecule has 1 aromatic carbocycles. The first-order valence-corrected chi connectivity index (χ1v) is 6.47. The lowest BCUT2D eigenvalue weighted by Crippen LogP contribution is -2.36. The third-order valence-corrected chi connectivity index (χ3v) is 3.25. The molecular weight excluding hydrogens is 226 g/mol. The van der Waals surface area contributed by atoms with E-state index in [1.807, 2.05) is 6.07 Å². The highest BCUT2D eigenvalue weighted by Crippen LogP contribution is 2.29. The molecule has 2 atom stereocenters. The lowest BCUT2D eigenvalue weighted by atomic mass is 9.93. The summed E-state index contributed by atoms with van der Waals surface area (Å²) in [5.74, 6) is 2.08. The van der Waals surface area contributed by atoms with Crippen molar-refractivity contribution < 1.29 is 9.47 Å². The van der Waals surface area contributed by atoms with Gasteiger partial charge in [-0.3, -0.25) is 0 Å². The second-order valence-electron chi connectivity index (χ2n) is 5.04. The zero-order chi connectivity index (χ0) is 13.7. The number of benzene rings is 1. The van der Waals surface area contributed by atoms with E-state index in [0.717, 1.165) is 11.5 Å². The van der Waals surface area contributed by atoms with Crippen LogP contribution in [0, 0.1) is 0 Å². The summed E-state index contributed by atoms with van der Waals surface area (Å²) in [5.41, 5.74) is 1.23. The minimum Gasteiger partial charge on any atom is -0.497 e. The van der Waals surface area contributed by atoms with Gasteiger partial charge in [-0.15, -0.1) is 0 Å². The van der Waals surface area contributed by atoms with E-state index in [9.17, 15) is 0 Å². The Bertz CT molecular complexity index is 355. The van der Waals surface area contributed by atoms with Crippen LogP contribution >= 0.6 is 0 Å². The molecule has 2 unspecified atom stereocenters. The zero-order valence-electron chi connectivity index (χ0n) is 12.3. The molecule has 1 aromatic rings. The molecule has 0 aliphatic heterocycles. The highest BCUT2D eigenvalue weighted by atomic mass is 16.5. The maximum Gasteiger partial charge on any atom is 0.122 e. The third-order valence-electron chi connectivity index (χ3n) is 3.25. The summed E-state index contributed by atoms with van der Waals surface area (Å²) >= 11 is 0. The van der Waals surface area contributed by atoms with Crippen LogP contribution in [0.2, 0.25) is 0 Å². The summed E-state index contributed by atoms with van der Waals surface area (Å²) < 4.78 is 10.6. The van der Waals surface area contributed by atoms with Gasteiger partial charge in [-0.25, -0.2) is 0 Å². The van der Waals surface area contributed by atoms with Crippen LogP contribution in [0.15, 0.2) is 18.2 Å². The van der Waals surface area contributed by atoms with Gasteiger partial charge in [0.25, 0.3) is 0 Å². The van der Waals surface area contributed by atoms with E-state index in [4.69, 9.17) is 9.47 Å². The van der Waals surface area contributed by atoms with Gasteiger partial charge in [-0.1, -0.05) is 20.8 Å². The normalized spacial score (nSPS) is 14.4. The maximum atomic E-state index is 5.31. The van der Waals surface area contributed by atoms with Crippen LogP contribution < -0.4 is 14.8 Å². The summed E-state index contributed by atoms with van der Waals surface area (Å²) in [7, 11) is 3.36. The fraction of sp³-hybridized carbons (Fsp3) is 0.600. The standard InChI is InChI=1S/C15H25NO2/c1-10(2)16-12(4)11(3)13-7-14(17-5)9-15(8-13)18-6/h7-12,16H,1-6H3. The van der Waals surface area contributed by atoms with Gasteiger partial charge in [0, 0.05) is 18.2 Å². The fourth-order valence-electron chi connectivity index (χ4n) is 2.05. The van der Waals surface area contributed by atoms with Gasteiger partial charge < -0.3 is 14.8 Å². The van der Waals surface area contributed by atoms with E-state index in [0.29, 0.717) is 18.0 Å². The van der Waals surface area contributed by atoms with E-state index >= 15 is 0 Å². The quantitative estimate of drug-likeness (QED) is 0.842. The SMILES string of the molecule is COc1cc(OC)cc(C(C)C(C)NC(C)C)c1. The van der Waals surface area contributed by atoms with Gasteiger partial charge in [0.1, 0.15) is 11.5 Å². The Morgan fingerprint density at radius 3 is 1.78 bits per heavy atom. The molecular formula is C15H25NO2. The van der Waals surface area contributed by atoms with Gasteiger partial charge >= 0.3 is 0 Å². The largest absolute Gasteiger partial charge is 0.497 e. The van der Waals surface area contributed by atoms with Crippen molar-refractivity contribution in [1.29, 1.82) is 0 Å². The first-order valence-electron chi connectivity index (χ1n) is 6.47. The molecule has 0 saturated heterocycles. The average Bonchev–Trinajstić information content (AvgIpc) is 2.36. The van der Waals surface area contributed by atoms with E-state index in [2.05, 4.69) is 45.1 Å². The van der Waals surface area contributed by atoms with E-state index in [1.54, 1.807) is 14.2 Å². The number of rotatable bonds is 6. The number of hydrogen-bond acceptors (Lipinski definition) is 3. The topological polar surface area (TPSA) is 30.5 Å². The smallest absolute Gasteiger partial charge is 0.122 e. The Morgan fingerprint density at radius 2 is 1.39 bits per heavy atom. The minimum absolute atomic E-state index is 0.399. The summed E-state index contributed by atoms with van der Waals surface area (Å²) in [4.78, 5) is 0. The van der Waals surface area contributed by atoms with Crippen molar-refractivity contribution in [2.75, 3.05) is 14.2 Å². The molecule has 18 heavy (non-hydrogen) atoms. The molecule has 0 heterocycles. The summed E-state index contributed by atoms with van der Waals surface area (Å²) in [5, 5.41) is 3.53. The van der Waals surface area contributed by atoms with E-state index in [1.165, 1.54) is 5.56 Å². The Hall–Kier alpha value is -1.22. The van der Waals surface area contributed by atoms with Gasteiger partial charge in [-0.05, 0) is 30.5 Å². The third kappa shape index (κ3) is 3.91. The maximum absolute atomic E-state index is 5.31. The Morgan fingerprint density at radius 1 is 0.889 bits per heavy atom. The number of nitrogens with one attached hydrogen (secondary N) is 1. The molecule has 3 heteroatoms. The van der Waals surface area contributed by atoms with Crippen LogP contribution in [0.5, 0.6) is 11.5 Å². The molecule has 0 aromatic heterocycles. The van der Waals surface area contributed by atoms with Crippen molar-refractivity contribution in [3.05, 3.63) is 23.8 Å². The Labute approximate surface area is 110 Å². The number of methoxy groups -OCH3 is 2. The number of ether oxygens (including phenoxy) is 2. The average molecular weight is 251 g/mol. The highest BCUT2D eigenvalue weighted by molar-refractivity contribution is 5.40. The minimum atomic E-state index is 0.399. The predicted molar refractivity (Wildman–Crippen MR) is 75.7 cm³/mol. The van der Waals surface area contributed by atoms with Gasteiger partial charge in [0.05, 0.1) is 14.2 Å². The first-order chi connectivity index (χ1) is 8.47. The molecule has 0 amide bonds. The van der Waals surface area contributed by atoms with Crippen LogP contribution in [-0.4, -0.2) is 26.3 Å². The lowest BCUT2D eigenvalue weighted by Gasteiger charge is -2.24. The molecule has 3 nitrogen and oxygen atoms in total. The predicted octanol–water partition coefficient (Wildman–Crippen LogP) is 3.19. The lowest BCUT2D eigenvalue weighted by molar-refractivity contribution is 0.389. The first kappa shape index (κ1) is 14.8. The second kappa shape index (κ2) is 6.64. The molecule has 0 aliphatic carbocycles. The van der Waals surface area contributed by atoms with E-state index in [-0.39, 0.29) is 0 Å². The van der Waals surface area contributed by atoms with Crippen molar-refractivity contribution in [3.8, 4) is 11.5 Å². The Kier molecular flexibility index (Phi) is 5.48. The summed E-state index contributed by atoms with van der Waals surface area (Å²) in [6, 6.07) is 6.94. The molecule has 0 bridgehead atoms. The highest BCUT2D eigenvalue weighted by Gasteiger charge is 2.16. The molecule has 0 fully saturated rings. The van der Waals surface area contributed by atoms with Crippen LogP contribution in [0.1, 0.15) is 39.2 Å². The molecule has 0 aliphatic rings. The second-order valence-corrected chi connectivity index (χ2v) is 5.04. The van der Waals surface area contributed by atoms with Crippen LogP contribution in [0.4, 0.5) is 0 Å². The molecule has 1 rings (SSSR count). The van der Waals surface area contributed by atoms with Crippen LogP contribution in [0.3, 0.4) is 0 Å². The molecule has 0 spiro atoms. The molecule has 0 saturated carbocycles. The molecule has 102 valence electrons. The van der Waals surface area contributed by atoms with E-state index < -0.39 is 0 Å². The summed E-state index contributed by atoms with van der Waals surface area (Å²) in [6.45, 7) is 8.75.